The van der Waals surface area contributed by atoms with Gasteiger partial charge in [-0.05, 0) is 13.8 Å². The lowest BCUT2D eigenvalue weighted by Crippen LogP contribution is -2.20. The topological polar surface area (TPSA) is 38.7 Å². The summed E-state index contributed by atoms with van der Waals surface area (Å²) in [5.74, 6) is 0. The summed E-state index contributed by atoms with van der Waals surface area (Å²) < 4.78 is 9.94. The Labute approximate surface area is 61.3 Å². The second-order valence-electron chi connectivity index (χ2n) is 2.00. The number of aliphatic hydroxyl groups is 1. The zero-order valence-electron chi connectivity index (χ0n) is 6.41. The van der Waals surface area contributed by atoms with Crippen LogP contribution in [0.25, 0.3) is 0 Å². The van der Waals surface area contributed by atoms with E-state index in [-0.39, 0.29) is 19.0 Å². The Morgan fingerprint density at radius 3 is 2.60 bits per heavy atom. The van der Waals surface area contributed by atoms with E-state index >= 15 is 0 Å². The maximum atomic E-state index is 8.55. The van der Waals surface area contributed by atoms with Crippen molar-refractivity contribution in [3.8, 4) is 0 Å². The Bertz CT molecular complexity index is 92.9. The highest BCUT2D eigenvalue weighted by atomic mass is 16.7. The molecule has 0 rings (SSSR count). The standard InChI is InChI=1S/C7H14O3/c1-4-9-7(3)10-6(2)5-8/h4,6-8H,1,5H2,2-3H3. The average Bonchev–Trinajstić information content (AvgIpc) is 1.88. The third-order valence-corrected chi connectivity index (χ3v) is 0.969. The minimum absolute atomic E-state index is 0.00480. The van der Waals surface area contributed by atoms with E-state index in [1.165, 1.54) is 6.26 Å². The molecular weight excluding hydrogens is 132 g/mol. The lowest BCUT2D eigenvalue weighted by molar-refractivity contribution is -0.134. The molecule has 0 aromatic carbocycles. The number of aliphatic hydroxyl groups excluding tert-OH is 1. The smallest absolute Gasteiger partial charge is 0.196 e. The van der Waals surface area contributed by atoms with Crippen molar-refractivity contribution in [2.45, 2.75) is 26.2 Å². The van der Waals surface area contributed by atoms with Gasteiger partial charge in [0.05, 0.1) is 19.0 Å². The largest absolute Gasteiger partial charge is 0.473 e. The number of ether oxygens (including phenoxy) is 2. The lowest BCUT2D eigenvalue weighted by atomic mass is 10.4. The molecule has 2 atom stereocenters. The van der Waals surface area contributed by atoms with Crippen LogP contribution in [-0.4, -0.2) is 24.1 Å². The number of rotatable bonds is 5. The average molecular weight is 146 g/mol. The Kier molecular flexibility index (Phi) is 4.98. The van der Waals surface area contributed by atoms with Gasteiger partial charge >= 0.3 is 0 Å². The van der Waals surface area contributed by atoms with Gasteiger partial charge < -0.3 is 14.6 Å². The molecule has 2 unspecified atom stereocenters. The summed E-state index contributed by atoms with van der Waals surface area (Å²) in [6.07, 6.45) is 0.795. The molecular formula is C7H14O3. The van der Waals surface area contributed by atoms with E-state index in [2.05, 4.69) is 6.58 Å². The predicted octanol–water partition coefficient (Wildman–Crippen LogP) is 0.890. The van der Waals surface area contributed by atoms with E-state index in [0.717, 1.165) is 0 Å². The Balaban J connectivity index is 3.35. The maximum absolute atomic E-state index is 8.55. The second-order valence-corrected chi connectivity index (χ2v) is 2.00. The summed E-state index contributed by atoms with van der Waals surface area (Å²) in [6, 6.07) is 0. The van der Waals surface area contributed by atoms with Crippen LogP contribution in [0.15, 0.2) is 12.8 Å². The van der Waals surface area contributed by atoms with Gasteiger partial charge in [0.2, 0.25) is 0 Å². The van der Waals surface area contributed by atoms with Gasteiger partial charge in [0, 0.05) is 0 Å². The van der Waals surface area contributed by atoms with Gasteiger partial charge in [-0.2, -0.15) is 0 Å². The summed E-state index contributed by atoms with van der Waals surface area (Å²) in [6.45, 7) is 6.88. The summed E-state index contributed by atoms with van der Waals surface area (Å²) in [5, 5.41) is 8.55. The first-order valence-electron chi connectivity index (χ1n) is 3.23. The molecule has 0 aliphatic rings. The molecule has 0 radical (unpaired) electrons. The van der Waals surface area contributed by atoms with E-state index in [1.807, 2.05) is 0 Å². The number of hydrogen-bond acceptors (Lipinski definition) is 3. The minimum atomic E-state index is -0.334. The van der Waals surface area contributed by atoms with Crippen molar-refractivity contribution in [2.75, 3.05) is 6.61 Å². The molecule has 0 heterocycles. The van der Waals surface area contributed by atoms with Crippen molar-refractivity contribution >= 4 is 0 Å². The van der Waals surface area contributed by atoms with Gasteiger partial charge in [-0.3, -0.25) is 0 Å². The molecule has 0 saturated heterocycles. The quantitative estimate of drug-likeness (QED) is 0.462. The van der Waals surface area contributed by atoms with Crippen molar-refractivity contribution in [3.63, 3.8) is 0 Å². The third-order valence-electron chi connectivity index (χ3n) is 0.969. The molecule has 0 saturated carbocycles. The van der Waals surface area contributed by atoms with Crippen molar-refractivity contribution < 1.29 is 14.6 Å². The first kappa shape index (κ1) is 9.46. The van der Waals surface area contributed by atoms with Crippen LogP contribution >= 0.6 is 0 Å². The molecule has 60 valence electrons. The van der Waals surface area contributed by atoms with E-state index in [0.29, 0.717) is 0 Å². The fraction of sp³-hybridized carbons (Fsp3) is 0.714. The zero-order chi connectivity index (χ0) is 7.98. The van der Waals surface area contributed by atoms with Gasteiger partial charge in [0.25, 0.3) is 0 Å². The van der Waals surface area contributed by atoms with E-state index < -0.39 is 0 Å². The van der Waals surface area contributed by atoms with Crippen LogP contribution in [0.4, 0.5) is 0 Å². The van der Waals surface area contributed by atoms with E-state index in [4.69, 9.17) is 14.6 Å². The molecule has 0 aliphatic heterocycles. The molecule has 0 aromatic heterocycles. The Hall–Kier alpha value is -0.540. The monoisotopic (exact) mass is 146 g/mol. The van der Waals surface area contributed by atoms with Crippen molar-refractivity contribution in [1.82, 2.24) is 0 Å². The first-order chi connectivity index (χ1) is 4.70. The SMILES string of the molecule is C=COC(C)OC(C)CO. The molecule has 1 N–H and O–H groups in total. The molecule has 3 nitrogen and oxygen atoms in total. The van der Waals surface area contributed by atoms with Crippen molar-refractivity contribution in [1.29, 1.82) is 0 Å². The summed E-state index contributed by atoms with van der Waals surface area (Å²) in [5.41, 5.74) is 0. The van der Waals surface area contributed by atoms with Crippen LogP contribution in [0.3, 0.4) is 0 Å². The third kappa shape index (κ3) is 4.35. The van der Waals surface area contributed by atoms with Crippen LogP contribution in [0, 0.1) is 0 Å². The highest BCUT2D eigenvalue weighted by Crippen LogP contribution is 1.98. The molecule has 0 aromatic rings. The van der Waals surface area contributed by atoms with Crippen LogP contribution in [0.1, 0.15) is 13.8 Å². The molecule has 0 aliphatic carbocycles. The normalized spacial score (nSPS) is 15.9. The maximum Gasteiger partial charge on any atom is 0.196 e. The molecule has 0 fully saturated rings. The van der Waals surface area contributed by atoms with Crippen LogP contribution in [0.2, 0.25) is 0 Å². The highest BCUT2D eigenvalue weighted by molar-refractivity contribution is 4.51. The van der Waals surface area contributed by atoms with E-state index in [1.54, 1.807) is 13.8 Å². The van der Waals surface area contributed by atoms with E-state index in [9.17, 15) is 0 Å². The van der Waals surface area contributed by atoms with Gasteiger partial charge in [0.15, 0.2) is 6.29 Å². The molecule has 0 amide bonds. The fourth-order valence-electron chi connectivity index (χ4n) is 0.538. The second kappa shape index (κ2) is 5.26. The zero-order valence-corrected chi connectivity index (χ0v) is 6.41. The van der Waals surface area contributed by atoms with Gasteiger partial charge in [-0.15, -0.1) is 0 Å². The lowest BCUT2D eigenvalue weighted by Gasteiger charge is -2.16. The Morgan fingerprint density at radius 1 is 1.60 bits per heavy atom. The van der Waals surface area contributed by atoms with Crippen molar-refractivity contribution in [3.05, 3.63) is 12.8 Å². The fourth-order valence-corrected chi connectivity index (χ4v) is 0.538. The van der Waals surface area contributed by atoms with Gasteiger partial charge in [-0.1, -0.05) is 6.58 Å². The van der Waals surface area contributed by atoms with Crippen LogP contribution < -0.4 is 0 Å². The highest BCUT2D eigenvalue weighted by Gasteiger charge is 2.05. The van der Waals surface area contributed by atoms with Crippen LogP contribution in [0.5, 0.6) is 0 Å². The van der Waals surface area contributed by atoms with Gasteiger partial charge in [0.1, 0.15) is 0 Å². The van der Waals surface area contributed by atoms with Gasteiger partial charge in [-0.25, -0.2) is 0 Å². The van der Waals surface area contributed by atoms with Crippen LogP contribution in [-0.2, 0) is 9.47 Å². The predicted molar refractivity (Wildman–Crippen MR) is 38.4 cm³/mol. The molecule has 0 bridgehead atoms. The van der Waals surface area contributed by atoms with Crippen molar-refractivity contribution in [2.24, 2.45) is 0 Å². The first-order valence-corrected chi connectivity index (χ1v) is 3.23. The Morgan fingerprint density at radius 2 is 2.20 bits per heavy atom. The molecule has 3 heteroatoms. The minimum Gasteiger partial charge on any atom is -0.473 e. The summed E-state index contributed by atoms with van der Waals surface area (Å²) >= 11 is 0. The summed E-state index contributed by atoms with van der Waals surface area (Å²) in [7, 11) is 0. The molecule has 10 heavy (non-hydrogen) atoms. The molecule has 0 spiro atoms. The summed E-state index contributed by atoms with van der Waals surface area (Å²) in [4.78, 5) is 0. The number of hydrogen-bond donors (Lipinski definition) is 1.